The molecule has 1 atom stereocenters. The lowest BCUT2D eigenvalue weighted by atomic mass is 9.88. The largest absolute Gasteiger partial charge is 0.389 e. The number of aryl methyl sites for hydroxylation is 1. The van der Waals surface area contributed by atoms with Gasteiger partial charge in [0.05, 0.1) is 5.60 Å². The maximum atomic E-state index is 11.1. The zero-order valence-electron chi connectivity index (χ0n) is 10.1. The van der Waals surface area contributed by atoms with E-state index in [0.29, 0.717) is 12.8 Å². The van der Waals surface area contributed by atoms with Crippen molar-refractivity contribution >= 4 is 5.78 Å². The maximum Gasteiger partial charge on any atom is 0.132 e. The van der Waals surface area contributed by atoms with Crippen molar-refractivity contribution in [2.24, 2.45) is 0 Å². The molecule has 0 saturated heterocycles. The fourth-order valence-electron chi connectivity index (χ4n) is 1.88. The predicted molar refractivity (Wildman–Crippen MR) is 65.3 cm³/mol. The molecule has 2 nitrogen and oxygen atoms in total. The van der Waals surface area contributed by atoms with Crippen LogP contribution >= 0.6 is 0 Å². The normalized spacial score (nSPS) is 14.4. The van der Waals surface area contributed by atoms with Crippen LogP contribution in [0.1, 0.15) is 38.7 Å². The second kappa shape index (κ2) is 5.80. The van der Waals surface area contributed by atoms with Gasteiger partial charge in [-0.25, -0.2) is 0 Å². The molecule has 0 aliphatic rings. The molecule has 0 heterocycles. The van der Waals surface area contributed by atoms with E-state index >= 15 is 0 Å². The van der Waals surface area contributed by atoms with E-state index in [-0.39, 0.29) is 12.2 Å². The van der Waals surface area contributed by atoms with Crippen molar-refractivity contribution in [3.63, 3.8) is 0 Å². The zero-order chi connectivity index (χ0) is 12.0. The lowest BCUT2D eigenvalue weighted by Crippen LogP contribution is -2.30. The Morgan fingerprint density at radius 2 is 1.94 bits per heavy atom. The minimum Gasteiger partial charge on any atom is -0.389 e. The monoisotopic (exact) mass is 220 g/mol. The van der Waals surface area contributed by atoms with Crippen molar-refractivity contribution < 1.29 is 9.90 Å². The average molecular weight is 220 g/mol. The summed E-state index contributed by atoms with van der Waals surface area (Å²) in [6, 6.07) is 10.1. The Bertz CT molecular complexity index is 332. The van der Waals surface area contributed by atoms with Crippen molar-refractivity contribution in [1.82, 2.24) is 0 Å². The summed E-state index contributed by atoms with van der Waals surface area (Å²) >= 11 is 0. The third-order valence-electron chi connectivity index (χ3n) is 2.96. The fraction of sp³-hybridized carbons (Fsp3) is 0.500. The van der Waals surface area contributed by atoms with Crippen LogP contribution in [-0.4, -0.2) is 16.5 Å². The Balaban J connectivity index is 2.54. The molecule has 0 fully saturated rings. The minimum atomic E-state index is -0.832. The Kier molecular flexibility index (Phi) is 4.69. The number of Topliss-reactive ketones (excluding diaryl/α,β-unsaturated/α-hetero) is 1. The van der Waals surface area contributed by atoms with Gasteiger partial charge in [-0.05, 0) is 31.7 Å². The van der Waals surface area contributed by atoms with Crippen molar-refractivity contribution in [3.05, 3.63) is 35.9 Å². The van der Waals surface area contributed by atoms with Gasteiger partial charge in [0, 0.05) is 6.42 Å². The number of aliphatic hydroxyl groups is 1. The summed E-state index contributed by atoms with van der Waals surface area (Å²) in [5.74, 6) is 0.0532. The standard InChI is InChI=1S/C14H20O2/c1-3-14(16,11-12(2)15)10-9-13-7-5-4-6-8-13/h4-8,16H,3,9-11H2,1-2H3/t14-/m0/s1. The van der Waals surface area contributed by atoms with Gasteiger partial charge in [0.15, 0.2) is 0 Å². The molecule has 1 aromatic rings. The molecule has 0 aliphatic carbocycles. The summed E-state index contributed by atoms with van der Waals surface area (Å²) in [5, 5.41) is 10.2. The molecule has 0 unspecified atom stereocenters. The zero-order valence-corrected chi connectivity index (χ0v) is 10.1. The van der Waals surface area contributed by atoms with Gasteiger partial charge in [-0.15, -0.1) is 0 Å². The molecule has 1 aromatic carbocycles. The van der Waals surface area contributed by atoms with E-state index in [2.05, 4.69) is 0 Å². The smallest absolute Gasteiger partial charge is 0.132 e. The molecule has 0 aliphatic heterocycles. The average Bonchev–Trinajstić information content (AvgIpc) is 2.27. The first-order chi connectivity index (χ1) is 7.56. The van der Waals surface area contributed by atoms with Crippen LogP contribution in [0.2, 0.25) is 0 Å². The summed E-state index contributed by atoms with van der Waals surface area (Å²) in [5.41, 5.74) is 0.375. The molecular weight excluding hydrogens is 200 g/mol. The molecule has 88 valence electrons. The summed E-state index contributed by atoms with van der Waals surface area (Å²) in [4.78, 5) is 11.1. The molecule has 0 bridgehead atoms. The molecular formula is C14H20O2. The van der Waals surface area contributed by atoms with Gasteiger partial charge in [0.25, 0.3) is 0 Å². The first kappa shape index (κ1) is 12.9. The van der Waals surface area contributed by atoms with Crippen LogP contribution in [0.25, 0.3) is 0 Å². The Labute approximate surface area is 97.3 Å². The molecule has 0 aromatic heterocycles. The first-order valence-electron chi connectivity index (χ1n) is 5.81. The minimum absolute atomic E-state index is 0.0532. The van der Waals surface area contributed by atoms with Gasteiger partial charge < -0.3 is 5.11 Å². The summed E-state index contributed by atoms with van der Waals surface area (Å²) in [7, 11) is 0. The number of ketones is 1. The molecule has 1 N–H and O–H groups in total. The SMILES string of the molecule is CC[C@](O)(CCc1ccccc1)CC(C)=O. The highest BCUT2D eigenvalue weighted by atomic mass is 16.3. The van der Waals surface area contributed by atoms with Crippen LogP contribution in [0.5, 0.6) is 0 Å². The van der Waals surface area contributed by atoms with Gasteiger partial charge in [-0.3, -0.25) is 4.79 Å². The number of carbonyl (C=O) groups is 1. The van der Waals surface area contributed by atoms with Crippen LogP contribution in [0.3, 0.4) is 0 Å². The molecule has 0 amide bonds. The molecule has 0 radical (unpaired) electrons. The van der Waals surface area contributed by atoms with Crippen LogP contribution < -0.4 is 0 Å². The summed E-state index contributed by atoms with van der Waals surface area (Å²) in [6.07, 6.45) is 2.35. The van der Waals surface area contributed by atoms with Crippen molar-refractivity contribution in [2.75, 3.05) is 0 Å². The van der Waals surface area contributed by atoms with Gasteiger partial charge in [-0.1, -0.05) is 37.3 Å². The van der Waals surface area contributed by atoms with E-state index in [9.17, 15) is 9.90 Å². The van der Waals surface area contributed by atoms with Gasteiger partial charge >= 0.3 is 0 Å². The molecule has 16 heavy (non-hydrogen) atoms. The van der Waals surface area contributed by atoms with Crippen LogP contribution in [-0.2, 0) is 11.2 Å². The van der Waals surface area contributed by atoms with Crippen LogP contribution in [0, 0.1) is 0 Å². The Hall–Kier alpha value is -1.15. The fourth-order valence-corrected chi connectivity index (χ4v) is 1.88. The second-order valence-corrected chi connectivity index (χ2v) is 4.44. The molecule has 2 heteroatoms. The molecule has 0 saturated carbocycles. The van der Waals surface area contributed by atoms with Crippen LogP contribution in [0.15, 0.2) is 30.3 Å². The van der Waals surface area contributed by atoms with E-state index in [1.807, 2.05) is 37.3 Å². The highest BCUT2D eigenvalue weighted by Gasteiger charge is 2.25. The Morgan fingerprint density at radius 1 is 1.31 bits per heavy atom. The predicted octanol–water partition coefficient (Wildman–Crippen LogP) is 2.74. The molecule has 0 spiro atoms. The molecule has 1 rings (SSSR count). The third kappa shape index (κ3) is 4.15. The summed E-state index contributed by atoms with van der Waals surface area (Å²) in [6.45, 7) is 3.46. The van der Waals surface area contributed by atoms with Crippen molar-refractivity contribution in [2.45, 2.75) is 45.1 Å². The van der Waals surface area contributed by atoms with Crippen LogP contribution in [0.4, 0.5) is 0 Å². The number of hydrogen-bond acceptors (Lipinski definition) is 2. The second-order valence-electron chi connectivity index (χ2n) is 4.44. The first-order valence-corrected chi connectivity index (χ1v) is 5.81. The van der Waals surface area contributed by atoms with E-state index in [1.54, 1.807) is 0 Å². The van der Waals surface area contributed by atoms with E-state index in [0.717, 1.165) is 6.42 Å². The third-order valence-corrected chi connectivity index (χ3v) is 2.96. The lowest BCUT2D eigenvalue weighted by Gasteiger charge is -2.25. The number of rotatable bonds is 6. The van der Waals surface area contributed by atoms with E-state index in [1.165, 1.54) is 12.5 Å². The van der Waals surface area contributed by atoms with Crippen molar-refractivity contribution in [1.29, 1.82) is 0 Å². The van der Waals surface area contributed by atoms with E-state index in [4.69, 9.17) is 0 Å². The van der Waals surface area contributed by atoms with Crippen molar-refractivity contribution in [3.8, 4) is 0 Å². The number of carbonyl (C=O) groups excluding carboxylic acids is 1. The highest BCUT2D eigenvalue weighted by Crippen LogP contribution is 2.22. The lowest BCUT2D eigenvalue weighted by molar-refractivity contribution is -0.122. The quantitative estimate of drug-likeness (QED) is 0.800. The van der Waals surface area contributed by atoms with Gasteiger partial charge in [0.1, 0.15) is 5.78 Å². The summed E-state index contributed by atoms with van der Waals surface area (Å²) < 4.78 is 0. The highest BCUT2D eigenvalue weighted by molar-refractivity contribution is 5.76. The van der Waals surface area contributed by atoms with Gasteiger partial charge in [0.2, 0.25) is 0 Å². The van der Waals surface area contributed by atoms with E-state index < -0.39 is 5.60 Å². The Morgan fingerprint density at radius 3 is 2.44 bits per heavy atom. The topological polar surface area (TPSA) is 37.3 Å². The van der Waals surface area contributed by atoms with Gasteiger partial charge in [-0.2, -0.15) is 0 Å². The maximum absolute atomic E-state index is 11.1. The number of benzene rings is 1. The number of hydrogen-bond donors (Lipinski definition) is 1.